The third-order valence-electron chi connectivity index (χ3n) is 3.95. The topological polar surface area (TPSA) is 53.4 Å². The number of rotatable bonds is 2. The first-order valence-corrected chi connectivity index (χ1v) is 8.06. The van der Waals surface area contributed by atoms with Crippen LogP contribution in [0.3, 0.4) is 0 Å². The van der Waals surface area contributed by atoms with Crippen molar-refractivity contribution in [2.24, 2.45) is 0 Å². The van der Waals surface area contributed by atoms with E-state index in [1.165, 1.54) is 16.2 Å². The molecule has 2 unspecified atom stereocenters. The average molecular weight is 338 g/mol. The summed E-state index contributed by atoms with van der Waals surface area (Å²) in [5, 5.41) is 10.7. The van der Waals surface area contributed by atoms with Crippen molar-refractivity contribution in [1.82, 2.24) is 9.88 Å². The van der Waals surface area contributed by atoms with Gasteiger partial charge in [-0.15, -0.1) is 11.3 Å². The number of β-amino-alcohol motifs (C(OH)–C–C–N with tert-alkyl or cyclic N) is 1. The summed E-state index contributed by atoms with van der Waals surface area (Å²) in [6.45, 7) is 3.63. The summed E-state index contributed by atoms with van der Waals surface area (Å²) in [5.74, 6) is -1.46. The lowest BCUT2D eigenvalue weighted by Crippen LogP contribution is -2.32. The lowest BCUT2D eigenvalue weighted by Gasteiger charge is -2.24. The molecule has 3 rings (SSSR count). The van der Waals surface area contributed by atoms with E-state index < -0.39 is 23.8 Å². The van der Waals surface area contributed by atoms with Gasteiger partial charge in [0.25, 0.3) is 5.91 Å². The molecular weight excluding hydrogens is 322 g/mol. The zero-order chi connectivity index (χ0) is 16.7. The van der Waals surface area contributed by atoms with Crippen LogP contribution in [-0.4, -0.2) is 33.5 Å². The number of amides is 1. The number of nitrogens with zero attached hydrogens (tertiary/aromatic N) is 2. The van der Waals surface area contributed by atoms with Gasteiger partial charge in [0.2, 0.25) is 0 Å². The van der Waals surface area contributed by atoms with Crippen LogP contribution in [0, 0.1) is 25.5 Å². The quantitative estimate of drug-likeness (QED) is 0.916. The second-order valence-corrected chi connectivity index (χ2v) is 6.88. The van der Waals surface area contributed by atoms with Gasteiger partial charge in [0.15, 0.2) is 0 Å². The summed E-state index contributed by atoms with van der Waals surface area (Å²) in [6, 6.07) is 2.48. The number of aromatic nitrogens is 1. The number of aliphatic hydroxyl groups is 1. The van der Waals surface area contributed by atoms with Gasteiger partial charge in [-0.1, -0.05) is 0 Å². The fraction of sp³-hybridized carbons (Fsp3) is 0.375. The minimum Gasteiger partial charge on any atom is -0.391 e. The van der Waals surface area contributed by atoms with E-state index in [-0.39, 0.29) is 24.4 Å². The summed E-state index contributed by atoms with van der Waals surface area (Å²) in [4.78, 5) is 18.9. The molecule has 0 spiro atoms. The fourth-order valence-corrected chi connectivity index (χ4v) is 3.84. The summed E-state index contributed by atoms with van der Waals surface area (Å²) in [6.07, 6.45) is -0.580. The SMILES string of the molecule is Cc1nc(C)c(C(=O)N2CC(O)CC2c2cc(F)ccc2F)s1. The Balaban J connectivity index is 1.98. The number of carbonyl (C=O) groups excluding carboxylic acids is 1. The van der Waals surface area contributed by atoms with Crippen molar-refractivity contribution in [3.05, 3.63) is 51.0 Å². The molecule has 1 saturated heterocycles. The van der Waals surface area contributed by atoms with Crippen molar-refractivity contribution in [3.63, 3.8) is 0 Å². The minimum absolute atomic E-state index is 0.0915. The Morgan fingerprint density at radius 3 is 2.78 bits per heavy atom. The molecular formula is C16H16F2N2O2S. The van der Waals surface area contributed by atoms with Gasteiger partial charge in [-0.2, -0.15) is 0 Å². The molecule has 2 heterocycles. The van der Waals surface area contributed by atoms with Gasteiger partial charge in [-0.25, -0.2) is 13.8 Å². The van der Waals surface area contributed by atoms with E-state index in [0.717, 1.165) is 23.2 Å². The number of hydrogen-bond donors (Lipinski definition) is 1. The molecule has 23 heavy (non-hydrogen) atoms. The summed E-state index contributed by atoms with van der Waals surface area (Å²) >= 11 is 1.26. The Labute approximate surface area is 136 Å². The maximum absolute atomic E-state index is 14.1. The molecule has 0 saturated carbocycles. The molecule has 1 aromatic carbocycles. The van der Waals surface area contributed by atoms with Gasteiger partial charge < -0.3 is 10.0 Å². The monoisotopic (exact) mass is 338 g/mol. The van der Waals surface area contributed by atoms with E-state index in [1.54, 1.807) is 13.8 Å². The standard InChI is InChI=1S/C16H16F2N2O2S/c1-8-15(23-9(2)19-8)16(22)20-7-11(21)6-14(20)12-5-10(17)3-4-13(12)18/h3-5,11,14,21H,6-7H2,1-2H3. The number of aryl methyl sites for hydroxylation is 2. The number of halogens is 2. The van der Waals surface area contributed by atoms with Crippen LogP contribution in [0.25, 0.3) is 0 Å². The number of thiazole rings is 1. The van der Waals surface area contributed by atoms with Gasteiger partial charge in [0.05, 0.1) is 22.8 Å². The predicted octanol–water partition coefficient (Wildman–Crippen LogP) is 2.99. The fourth-order valence-electron chi connectivity index (χ4n) is 2.96. The van der Waals surface area contributed by atoms with E-state index >= 15 is 0 Å². The van der Waals surface area contributed by atoms with Crippen molar-refractivity contribution in [1.29, 1.82) is 0 Å². The second kappa shape index (κ2) is 5.98. The van der Waals surface area contributed by atoms with Crippen LogP contribution in [0.2, 0.25) is 0 Å². The highest BCUT2D eigenvalue weighted by Crippen LogP contribution is 2.36. The lowest BCUT2D eigenvalue weighted by atomic mass is 10.0. The molecule has 1 aliphatic rings. The number of benzene rings is 1. The Kier molecular flexibility index (Phi) is 4.16. The van der Waals surface area contributed by atoms with E-state index in [0.29, 0.717) is 10.6 Å². The molecule has 4 nitrogen and oxygen atoms in total. The molecule has 1 fully saturated rings. The maximum Gasteiger partial charge on any atom is 0.266 e. The second-order valence-electron chi connectivity index (χ2n) is 5.68. The molecule has 7 heteroatoms. The van der Waals surface area contributed by atoms with Crippen LogP contribution in [0.4, 0.5) is 8.78 Å². The van der Waals surface area contributed by atoms with Gasteiger partial charge in [-0.05, 0) is 38.5 Å². The number of hydrogen-bond acceptors (Lipinski definition) is 4. The normalized spacial score (nSPS) is 21.0. The molecule has 122 valence electrons. The van der Waals surface area contributed by atoms with Crippen LogP contribution in [0.15, 0.2) is 18.2 Å². The van der Waals surface area contributed by atoms with Crippen LogP contribution < -0.4 is 0 Å². The van der Waals surface area contributed by atoms with Crippen LogP contribution in [-0.2, 0) is 0 Å². The van der Waals surface area contributed by atoms with Crippen molar-refractivity contribution in [2.45, 2.75) is 32.4 Å². The first-order chi connectivity index (χ1) is 10.9. The minimum atomic E-state index is -0.763. The maximum atomic E-state index is 14.1. The zero-order valence-corrected chi connectivity index (χ0v) is 13.5. The molecule has 1 N–H and O–H groups in total. The zero-order valence-electron chi connectivity index (χ0n) is 12.7. The van der Waals surface area contributed by atoms with Crippen molar-refractivity contribution in [3.8, 4) is 0 Å². The largest absolute Gasteiger partial charge is 0.391 e. The molecule has 0 aliphatic carbocycles. The molecule has 1 aliphatic heterocycles. The highest BCUT2D eigenvalue weighted by molar-refractivity contribution is 7.13. The highest BCUT2D eigenvalue weighted by Gasteiger charge is 2.38. The van der Waals surface area contributed by atoms with Gasteiger partial charge in [0.1, 0.15) is 16.5 Å². The van der Waals surface area contributed by atoms with Crippen LogP contribution in [0.1, 0.15) is 38.4 Å². The van der Waals surface area contributed by atoms with Gasteiger partial charge in [-0.3, -0.25) is 4.79 Å². The van der Waals surface area contributed by atoms with Crippen molar-refractivity contribution in [2.75, 3.05) is 6.54 Å². The molecule has 2 aromatic rings. The van der Waals surface area contributed by atoms with E-state index in [9.17, 15) is 18.7 Å². The van der Waals surface area contributed by atoms with Gasteiger partial charge in [0, 0.05) is 12.1 Å². The third kappa shape index (κ3) is 2.98. The molecule has 1 amide bonds. The lowest BCUT2D eigenvalue weighted by molar-refractivity contribution is 0.0717. The Bertz CT molecular complexity index is 763. The number of likely N-dealkylation sites (tertiary alicyclic amines) is 1. The van der Waals surface area contributed by atoms with Gasteiger partial charge >= 0.3 is 0 Å². The summed E-state index contributed by atoms with van der Waals surface area (Å²) in [5.41, 5.74) is 0.700. The molecule has 1 aromatic heterocycles. The highest BCUT2D eigenvalue weighted by atomic mass is 32.1. The molecule has 2 atom stereocenters. The number of carbonyl (C=O) groups is 1. The summed E-state index contributed by atoms with van der Waals surface area (Å²) in [7, 11) is 0. The first kappa shape index (κ1) is 16.0. The first-order valence-electron chi connectivity index (χ1n) is 7.25. The molecule has 0 bridgehead atoms. The van der Waals surface area contributed by atoms with E-state index in [4.69, 9.17) is 0 Å². The molecule has 0 radical (unpaired) electrons. The Hall–Kier alpha value is -1.86. The Morgan fingerprint density at radius 1 is 1.39 bits per heavy atom. The summed E-state index contributed by atoms with van der Waals surface area (Å²) < 4.78 is 27.6. The third-order valence-corrected chi connectivity index (χ3v) is 5.02. The van der Waals surface area contributed by atoms with E-state index in [2.05, 4.69) is 4.98 Å². The predicted molar refractivity (Wildman–Crippen MR) is 82.3 cm³/mol. The van der Waals surface area contributed by atoms with Crippen LogP contribution >= 0.6 is 11.3 Å². The van der Waals surface area contributed by atoms with Crippen LogP contribution in [0.5, 0.6) is 0 Å². The Morgan fingerprint density at radius 2 is 2.13 bits per heavy atom. The van der Waals surface area contributed by atoms with Crippen molar-refractivity contribution >= 4 is 17.2 Å². The van der Waals surface area contributed by atoms with E-state index in [1.807, 2.05) is 0 Å². The smallest absolute Gasteiger partial charge is 0.266 e. The average Bonchev–Trinajstić information content (AvgIpc) is 3.03. The number of aliphatic hydroxyl groups excluding tert-OH is 1. The van der Waals surface area contributed by atoms with Crippen molar-refractivity contribution < 1.29 is 18.7 Å².